The number of hydrogen-bond acceptors (Lipinski definition) is 1. The first-order valence-electron chi connectivity index (χ1n) is 4.88. The van der Waals surface area contributed by atoms with E-state index in [2.05, 4.69) is 28.2 Å². The zero-order valence-electron chi connectivity index (χ0n) is 8.32. The van der Waals surface area contributed by atoms with Crippen molar-refractivity contribution in [2.75, 3.05) is 13.1 Å². The molecule has 0 aliphatic carbocycles. The molecule has 1 rings (SSSR count). The van der Waals surface area contributed by atoms with Crippen molar-refractivity contribution in [1.29, 1.82) is 0 Å². The lowest BCUT2D eigenvalue weighted by atomic mass is 10.1. The summed E-state index contributed by atoms with van der Waals surface area (Å²) in [4.78, 5) is 0. The Morgan fingerprint density at radius 3 is 2.86 bits per heavy atom. The maximum absolute atomic E-state index is 13.2. The predicted octanol–water partition coefficient (Wildman–Crippen LogP) is 3.13. The SMILES string of the molecule is CCCNCCc1cc(Br)ccc1F. The van der Waals surface area contributed by atoms with Gasteiger partial charge in [-0.3, -0.25) is 0 Å². The van der Waals surface area contributed by atoms with Crippen LogP contribution in [-0.2, 0) is 6.42 Å². The van der Waals surface area contributed by atoms with Gasteiger partial charge < -0.3 is 5.32 Å². The second-order valence-electron chi connectivity index (χ2n) is 3.24. The zero-order valence-corrected chi connectivity index (χ0v) is 9.90. The van der Waals surface area contributed by atoms with Crippen LogP contribution in [0.1, 0.15) is 18.9 Å². The second kappa shape index (κ2) is 6.14. The summed E-state index contributed by atoms with van der Waals surface area (Å²) in [5, 5.41) is 3.25. The lowest BCUT2D eigenvalue weighted by Gasteiger charge is -2.05. The van der Waals surface area contributed by atoms with Crippen molar-refractivity contribution in [3.8, 4) is 0 Å². The van der Waals surface area contributed by atoms with Crippen LogP contribution in [0, 0.1) is 5.82 Å². The molecule has 0 atom stereocenters. The van der Waals surface area contributed by atoms with Crippen LogP contribution in [0.2, 0.25) is 0 Å². The highest BCUT2D eigenvalue weighted by Crippen LogP contribution is 2.15. The summed E-state index contributed by atoms with van der Waals surface area (Å²) >= 11 is 3.33. The summed E-state index contributed by atoms with van der Waals surface area (Å²) in [6.07, 6.45) is 1.85. The average Bonchev–Trinajstić information content (AvgIpc) is 2.18. The van der Waals surface area contributed by atoms with Gasteiger partial charge in [-0.2, -0.15) is 0 Å². The third-order valence-corrected chi connectivity index (χ3v) is 2.50. The molecule has 0 unspecified atom stereocenters. The van der Waals surface area contributed by atoms with Gasteiger partial charge in [-0.05, 0) is 49.7 Å². The molecule has 1 nitrogen and oxygen atoms in total. The monoisotopic (exact) mass is 259 g/mol. The normalized spacial score (nSPS) is 10.5. The smallest absolute Gasteiger partial charge is 0.126 e. The minimum Gasteiger partial charge on any atom is -0.316 e. The summed E-state index contributed by atoms with van der Waals surface area (Å²) in [6, 6.07) is 5.06. The first-order valence-corrected chi connectivity index (χ1v) is 5.68. The Morgan fingerprint density at radius 2 is 2.14 bits per heavy atom. The van der Waals surface area contributed by atoms with E-state index in [1.807, 2.05) is 6.07 Å². The molecule has 0 amide bonds. The molecule has 1 aromatic carbocycles. The van der Waals surface area contributed by atoms with Crippen LogP contribution in [0.5, 0.6) is 0 Å². The Morgan fingerprint density at radius 1 is 1.36 bits per heavy atom. The van der Waals surface area contributed by atoms with E-state index in [-0.39, 0.29) is 5.82 Å². The summed E-state index contributed by atoms with van der Waals surface area (Å²) in [5.41, 5.74) is 0.767. The van der Waals surface area contributed by atoms with E-state index in [0.29, 0.717) is 0 Å². The van der Waals surface area contributed by atoms with Gasteiger partial charge in [-0.1, -0.05) is 22.9 Å². The molecule has 1 N–H and O–H groups in total. The zero-order chi connectivity index (χ0) is 10.4. The molecule has 14 heavy (non-hydrogen) atoms. The number of rotatable bonds is 5. The highest BCUT2D eigenvalue weighted by atomic mass is 79.9. The molecule has 0 aliphatic rings. The Hall–Kier alpha value is -0.410. The minimum absolute atomic E-state index is 0.119. The standard InChI is InChI=1S/C11H15BrFN/c1-2-6-14-7-5-9-8-10(12)3-4-11(9)13/h3-4,8,14H,2,5-7H2,1H3. The fraction of sp³-hybridized carbons (Fsp3) is 0.455. The highest BCUT2D eigenvalue weighted by molar-refractivity contribution is 9.10. The van der Waals surface area contributed by atoms with Gasteiger partial charge in [0.1, 0.15) is 5.82 Å². The van der Waals surface area contributed by atoms with Gasteiger partial charge in [0.25, 0.3) is 0 Å². The average molecular weight is 260 g/mol. The van der Waals surface area contributed by atoms with Crippen LogP contribution in [-0.4, -0.2) is 13.1 Å². The fourth-order valence-corrected chi connectivity index (χ4v) is 1.67. The van der Waals surface area contributed by atoms with Gasteiger partial charge in [-0.25, -0.2) is 4.39 Å². The van der Waals surface area contributed by atoms with Crippen LogP contribution in [0.15, 0.2) is 22.7 Å². The summed E-state index contributed by atoms with van der Waals surface area (Å²) < 4.78 is 14.2. The van der Waals surface area contributed by atoms with Crippen LogP contribution >= 0.6 is 15.9 Å². The molecule has 0 spiro atoms. The van der Waals surface area contributed by atoms with E-state index in [0.717, 1.165) is 36.0 Å². The first kappa shape index (κ1) is 11.7. The van der Waals surface area contributed by atoms with E-state index in [9.17, 15) is 4.39 Å². The van der Waals surface area contributed by atoms with E-state index in [1.165, 1.54) is 6.07 Å². The van der Waals surface area contributed by atoms with Crippen LogP contribution in [0.4, 0.5) is 4.39 Å². The fourth-order valence-electron chi connectivity index (χ4n) is 1.26. The maximum Gasteiger partial charge on any atom is 0.126 e. The lowest BCUT2D eigenvalue weighted by molar-refractivity contribution is 0.596. The van der Waals surface area contributed by atoms with E-state index in [4.69, 9.17) is 0 Å². The van der Waals surface area contributed by atoms with E-state index >= 15 is 0 Å². The Labute approximate surface area is 92.8 Å². The maximum atomic E-state index is 13.2. The minimum atomic E-state index is -0.119. The highest BCUT2D eigenvalue weighted by Gasteiger charge is 2.01. The van der Waals surface area contributed by atoms with Crippen molar-refractivity contribution < 1.29 is 4.39 Å². The molecule has 0 aromatic heterocycles. The van der Waals surface area contributed by atoms with E-state index < -0.39 is 0 Å². The molecular formula is C11H15BrFN. The molecule has 0 bridgehead atoms. The summed E-state index contributed by atoms with van der Waals surface area (Å²) in [6.45, 7) is 3.95. The third-order valence-electron chi connectivity index (χ3n) is 2.01. The number of halogens is 2. The molecule has 0 saturated carbocycles. The quantitative estimate of drug-likeness (QED) is 0.802. The second-order valence-corrected chi connectivity index (χ2v) is 4.15. The third kappa shape index (κ3) is 3.76. The van der Waals surface area contributed by atoms with Gasteiger partial charge in [0.15, 0.2) is 0 Å². The van der Waals surface area contributed by atoms with Crippen molar-refractivity contribution in [3.63, 3.8) is 0 Å². The molecule has 1 aromatic rings. The Bertz CT molecular complexity index is 289. The molecule has 3 heteroatoms. The van der Waals surface area contributed by atoms with Gasteiger partial charge in [-0.15, -0.1) is 0 Å². The van der Waals surface area contributed by atoms with Gasteiger partial charge in [0, 0.05) is 4.47 Å². The van der Waals surface area contributed by atoms with Crippen molar-refractivity contribution in [3.05, 3.63) is 34.1 Å². The van der Waals surface area contributed by atoms with Crippen LogP contribution in [0.25, 0.3) is 0 Å². The van der Waals surface area contributed by atoms with E-state index in [1.54, 1.807) is 6.07 Å². The molecule has 0 aliphatic heterocycles. The topological polar surface area (TPSA) is 12.0 Å². The number of benzene rings is 1. The van der Waals surface area contributed by atoms with Crippen molar-refractivity contribution >= 4 is 15.9 Å². The Kier molecular flexibility index (Phi) is 5.12. The largest absolute Gasteiger partial charge is 0.316 e. The number of hydrogen-bond donors (Lipinski definition) is 1. The van der Waals surface area contributed by atoms with Gasteiger partial charge >= 0.3 is 0 Å². The predicted molar refractivity (Wildman–Crippen MR) is 61.0 cm³/mol. The molecule has 0 fully saturated rings. The molecule has 78 valence electrons. The first-order chi connectivity index (χ1) is 6.74. The molecular weight excluding hydrogens is 245 g/mol. The lowest BCUT2D eigenvalue weighted by Crippen LogP contribution is -2.18. The van der Waals surface area contributed by atoms with Crippen LogP contribution < -0.4 is 5.32 Å². The van der Waals surface area contributed by atoms with Gasteiger partial charge in [0.2, 0.25) is 0 Å². The molecule has 0 radical (unpaired) electrons. The van der Waals surface area contributed by atoms with Crippen molar-refractivity contribution in [1.82, 2.24) is 5.32 Å². The van der Waals surface area contributed by atoms with Gasteiger partial charge in [0.05, 0.1) is 0 Å². The molecule has 0 heterocycles. The molecule has 0 saturated heterocycles. The van der Waals surface area contributed by atoms with Crippen LogP contribution in [0.3, 0.4) is 0 Å². The summed E-state index contributed by atoms with van der Waals surface area (Å²) in [5.74, 6) is -0.119. The summed E-state index contributed by atoms with van der Waals surface area (Å²) in [7, 11) is 0. The Balaban J connectivity index is 2.45. The number of nitrogens with one attached hydrogen (secondary N) is 1. The van der Waals surface area contributed by atoms with Crippen molar-refractivity contribution in [2.45, 2.75) is 19.8 Å². The van der Waals surface area contributed by atoms with Crippen molar-refractivity contribution in [2.24, 2.45) is 0 Å².